The number of carbonyl (C=O) groups excluding carboxylic acids is 1. The summed E-state index contributed by atoms with van der Waals surface area (Å²) >= 11 is 0. The fourth-order valence-electron chi connectivity index (χ4n) is 1.57. The third-order valence-corrected chi connectivity index (χ3v) is 2.47. The van der Waals surface area contributed by atoms with Gasteiger partial charge in [-0.15, -0.1) is 0 Å². The molecule has 17 heavy (non-hydrogen) atoms. The van der Waals surface area contributed by atoms with Crippen LogP contribution < -0.4 is 10.6 Å². The van der Waals surface area contributed by atoms with Crippen molar-refractivity contribution in [2.45, 2.75) is 25.0 Å². The normalized spacial score (nSPS) is 23.4. The Hall–Kier alpha value is -1.34. The topological polar surface area (TPSA) is 96.9 Å². The molecule has 0 saturated carbocycles. The maximum atomic E-state index is 11.2. The second-order valence-electron chi connectivity index (χ2n) is 3.79. The molecule has 0 bridgehead atoms. The lowest BCUT2D eigenvalue weighted by Crippen LogP contribution is -2.41. The minimum absolute atomic E-state index is 0.218. The van der Waals surface area contributed by atoms with E-state index in [9.17, 15) is 9.59 Å². The number of carbonyl (C=O) groups is 2. The first-order chi connectivity index (χ1) is 8.13. The Labute approximate surface area is 99.5 Å². The molecule has 7 nitrogen and oxygen atoms in total. The smallest absolute Gasteiger partial charge is 0.332 e. The molecule has 2 atom stereocenters. The molecule has 3 N–H and O–H groups in total. The Morgan fingerprint density at radius 2 is 2.18 bits per heavy atom. The summed E-state index contributed by atoms with van der Waals surface area (Å²) < 4.78 is 10.0. The minimum Gasteiger partial charge on any atom is -0.479 e. The molecule has 0 radical (unpaired) electrons. The molecule has 1 heterocycles. The van der Waals surface area contributed by atoms with E-state index in [0.29, 0.717) is 32.5 Å². The zero-order chi connectivity index (χ0) is 12.7. The number of ether oxygens (including phenoxy) is 2. The SMILES string of the molecule is COCCNC(=O)NCC1CCC(C(=O)O)O1. The largest absolute Gasteiger partial charge is 0.479 e. The van der Waals surface area contributed by atoms with E-state index in [1.807, 2.05) is 0 Å². The van der Waals surface area contributed by atoms with Gasteiger partial charge in [-0.2, -0.15) is 0 Å². The van der Waals surface area contributed by atoms with Crippen LogP contribution in [-0.2, 0) is 14.3 Å². The van der Waals surface area contributed by atoms with Gasteiger partial charge in [0, 0.05) is 20.2 Å². The summed E-state index contributed by atoms with van der Waals surface area (Å²) in [5, 5.41) is 13.9. The van der Waals surface area contributed by atoms with Crippen molar-refractivity contribution in [1.29, 1.82) is 0 Å². The van der Waals surface area contributed by atoms with Crippen LogP contribution in [0.2, 0.25) is 0 Å². The number of rotatable bonds is 6. The van der Waals surface area contributed by atoms with Gasteiger partial charge in [-0.25, -0.2) is 9.59 Å². The molecule has 98 valence electrons. The molecular weight excluding hydrogens is 228 g/mol. The Morgan fingerprint density at radius 1 is 1.41 bits per heavy atom. The lowest BCUT2D eigenvalue weighted by Gasteiger charge is -2.12. The van der Waals surface area contributed by atoms with Crippen molar-refractivity contribution in [2.24, 2.45) is 0 Å². The van der Waals surface area contributed by atoms with Crippen LogP contribution in [0, 0.1) is 0 Å². The fourth-order valence-corrected chi connectivity index (χ4v) is 1.57. The third-order valence-electron chi connectivity index (χ3n) is 2.47. The summed E-state index contributed by atoms with van der Waals surface area (Å²) in [5.41, 5.74) is 0. The Bertz CT molecular complexity index is 271. The van der Waals surface area contributed by atoms with Crippen molar-refractivity contribution in [2.75, 3.05) is 26.8 Å². The second-order valence-corrected chi connectivity index (χ2v) is 3.79. The maximum Gasteiger partial charge on any atom is 0.332 e. The van der Waals surface area contributed by atoms with Gasteiger partial charge in [0.2, 0.25) is 0 Å². The van der Waals surface area contributed by atoms with E-state index in [2.05, 4.69) is 10.6 Å². The fraction of sp³-hybridized carbons (Fsp3) is 0.800. The molecule has 0 spiro atoms. The van der Waals surface area contributed by atoms with Crippen LogP contribution in [-0.4, -0.2) is 56.1 Å². The predicted octanol–water partition coefficient (Wildman–Crippen LogP) is -0.436. The first-order valence-corrected chi connectivity index (χ1v) is 5.52. The van der Waals surface area contributed by atoms with Crippen LogP contribution in [0.5, 0.6) is 0 Å². The molecular formula is C10H18N2O5. The summed E-state index contributed by atoms with van der Waals surface area (Å²) in [6.45, 7) is 1.21. The number of carboxylic acids is 1. The molecule has 1 aliphatic rings. The van der Waals surface area contributed by atoms with Crippen molar-refractivity contribution < 1.29 is 24.2 Å². The molecule has 2 amide bonds. The van der Waals surface area contributed by atoms with E-state index in [4.69, 9.17) is 14.6 Å². The third kappa shape index (κ3) is 5.01. The van der Waals surface area contributed by atoms with E-state index in [1.165, 1.54) is 0 Å². The quantitative estimate of drug-likeness (QED) is 0.552. The first kappa shape index (κ1) is 13.7. The highest BCUT2D eigenvalue weighted by atomic mass is 16.5. The number of aliphatic carboxylic acids is 1. The zero-order valence-corrected chi connectivity index (χ0v) is 9.77. The molecule has 1 fully saturated rings. The molecule has 0 aromatic heterocycles. The summed E-state index contributed by atoms with van der Waals surface area (Å²) in [6.07, 6.45) is 0.185. The Morgan fingerprint density at radius 3 is 2.76 bits per heavy atom. The van der Waals surface area contributed by atoms with Crippen LogP contribution in [0.4, 0.5) is 4.79 Å². The number of hydrogen-bond acceptors (Lipinski definition) is 4. The van der Waals surface area contributed by atoms with Gasteiger partial charge in [-0.3, -0.25) is 0 Å². The molecule has 1 aliphatic heterocycles. The summed E-state index contributed by atoms with van der Waals surface area (Å²) in [7, 11) is 1.55. The van der Waals surface area contributed by atoms with Crippen LogP contribution in [0.3, 0.4) is 0 Å². The standard InChI is InChI=1S/C10H18N2O5/c1-16-5-4-11-10(15)12-6-7-2-3-8(17-7)9(13)14/h7-8H,2-6H2,1H3,(H,13,14)(H2,11,12,15). The van der Waals surface area contributed by atoms with Crippen molar-refractivity contribution in [1.82, 2.24) is 10.6 Å². The van der Waals surface area contributed by atoms with Crippen molar-refractivity contribution in [3.05, 3.63) is 0 Å². The average molecular weight is 246 g/mol. The minimum atomic E-state index is -0.947. The number of hydrogen-bond donors (Lipinski definition) is 3. The monoisotopic (exact) mass is 246 g/mol. The van der Waals surface area contributed by atoms with Crippen LogP contribution >= 0.6 is 0 Å². The molecule has 0 aromatic carbocycles. The number of methoxy groups -OCH3 is 1. The van der Waals surface area contributed by atoms with Gasteiger partial charge < -0.3 is 25.2 Å². The lowest BCUT2D eigenvalue weighted by molar-refractivity contribution is -0.149. The van der Waals surface area contributed by atoms with Crippen LogP contribution in [0.1, 0.15) is 12.8 Å². The van der Waals surface area contributed by atoms with E-state index in [-0.39, 0.29) is 12.1 Å². The molecule has 1 rings (SSSR count). The molecule has 2 unspecified atom stereocenters. The van der Waals surface area contributed by atoms with Gasteiger partial charge in [-0.1, -0.05) is 0 Å². The summed E-state index contributed by atoms with van der Waals surface area (Å²) in [6, 6.07) is -0.301. The van der Waals surface area contributed by atoms with Crippen molar-refractivity contribution >= 4 is 12.0 Å². The number of carboxylic acid groups (broad SMARTS) is 1. The number of amides is 2. The van der Waals surface area contributed by atoms with Crippen LogP contribution in [0.25, 0.3) is 0 Å². The van der Waals surface area contributed by atoms with Crippen molar-refractivity contribution in [3.63, 3.8) is 0 Å². The highest BCUT2D eigenvalue weighted by Crippen LogP contribution is 2.18. The first-order valence-electron chi connectivity index (χ1n) is 5.52. The van der Waals surface area contributed by atoms with Gasteiger partial charge in [0.25, 0.3) is 0 Å². The maximum absolute atomic E-state index is 11.2. The summed E-state index contributed by atoms with van der Waals surface area (Å²) in [5.74, 6) is -0.947. The van der Waals surface area contributed by atoms with Gasteiger partial charge >= 0.3 is 12.0 Å². The molecule has 7 heteroatoms. The highest BCUT2D eigenvalue weighted by Gasteiger charge is 2.30. The molecule has 1 saturated heterocycles. The van der Waals surface area contributed by atoms with Crippen LogP contribution in [0.15, 0.2) is 0 Å². The van der Waals surface area contributed by atoms with E-state index < -0.39 is 12.1 Å². The van der Waals surface area contributed by atoms with Crippen molar-refractivity contribution in [3.8, 4) is 0 Å². The molecule has 0 aliphatic carbocycles. The van der Waals surface area contributed by atoms with E-state index >= 15 is 0 Å². The zero-order valence-electron chi connectivity index (χ0n) is 9.77. The predicted molar refractivity (Wildman–Crippen MR) is 58.8 cm³/mol. The van der Waals surface area contributed by atoms with Gasteiger partial charge in [0.05, 0.1) is 12.7 Å². The Balaban J connectivity index is 2.11. The van der Waals surface area contributed by atoms with E-state index in [0.717, 1.165) is 0 Å². The average Bonchev–Trinajstić information content (AvgIpc) is 2.75. The second kappa shape index (κ2) is 7.08. The van der Waals surface area contributed by atoms with Gasteiger partial charge in [0.1, 0.15) is 0 Å². The highest BCUT2D eigenvalue weighted by molar-refractivity contribution is 5.74. The van der Waals surface area contributed by atoms with E-state index in [1.54, 1.807) is 7.11 Å². The molecule has 0 aromatic rings. The van der Waals surface area contributed by atoms with Gasteiger partial charge in [0.15, 0.2) is 6.10 Å². The Kier molecular flexibility index (Phi) is 5.71. The number of urea groups is 1. The lowest BCUT2D eigenvalue weighted by atomic mass is 10.2. The summed E-state index contributed by atoms with van der Waals surface area (Å²) in [4.78, 5) is 21.9. The number of nitrogens with one attached hydrogen (secondary N) is 2. The van der Waals surface area contributed by atoms with Gasteiger partial charge in [-0.05, 0) is 12.8 Å².